The second-order valence-corrected chi connectivity index (χ2v) is 5.58. The summed E-state index contributed by atoms with van der Waals surface area (Å²) < 4.78 is 0. The highest BCUT2D eigenvalue weighted by Gasteiger charge is 2.22. The molecule has 114 valence electrons. The summed E-state index contributed by atoms with van der Waals surface area (Å²) in [6.07, 6.45) is 6.04. The van der Waals surface area contributed by atoms with Crippen LogP contribution in [0.5, 0.6) is 0 Å². The van der Waals surface area contributed by atoms with Crippen LogP contribution in [0.2, 0.25) is 0 Å². The van der Waals surface area contributed by atoms with Gasteiger partial charge in [0, 0.05) is 17.7 Å². The van der Waals surface area contributed by atoms with E-state index in [1.54, 1.807) is 0 Å². The van der Waals surface area contributed by atoms with Gasteiger partial charge in [0.15, 0.2) is 0 Å². The van der Waals surface area contributed by atoms with E-state index in [4.69, 9.17) is 0 Å². The molecule has 1 atom stereocenters. The van der Waals surface area contributed by atoms with Crippen LogP contribution in [0.1, 0.15) is 29.7 Å². The molecule has 1 aliphatic carbocycles. The van der Waals surface area contributed by atoms with Crippen LogP contribution in [-0.4, -0.2) is 27.1 Å². The summed E-state index contributed by atoms with van der Waals surface area (Å²) >= 11 is 0. The number of nitrogens with one attached hydrogen (secondary N) is 1. The smallest absolute Gasteiger partial charge is 0.326 e. The number of aliphatic carboxylic acids is 1. The Kier molecular flexibility index (Phi) is 4.32. The molecule has 0 unspecified atom stereocenters. The highest BCUT2D eigenvalue weighted by Crippen LogP contribution is 2.25. The van der Waals surface area contributed by atoms with E-state index in [-0.39, 0.29) is 0 Å². The van der Waals surface area contributed by atoms with E-state index in [9.17, 15) is 9.90 Å². The third-order valence-electron chi connectivity index (χ3n) is 4.02. The van der Waals surface area contributed by atoms with Crippen molar-refractivity contribution in [2.24, 2.45) is 0 Å². The Labute approximate surface area is 129 Å². The number of carboxylic acid groups (broad SMARTS) is 1. The SMILES string of the molecule is O=C(O)[C@@H](Cc1ccccc1)Nc1ncnc2c1CCCC2. The lowest BCUT2D eigenvalue weighted by molar-refractivity contribution is -0.137. The van der Waals surface area contributed by atoms with Gasteiger partial charge in [0.1, 0.15) is 18.2 Å². The number of benzene rings is 1. The van der Waals surface area contributed by atoms with Gasteiger partial charge in [-0.15, -0.1) is 0 Å². The second-order valence-electron chi connectivity index (χ2n) is 5.58. The number of rotatable bonds is 5. The first kappa shape index (κ1) is 14.5. The highest BCUT2D eigenvalue weighted by molar-refractivity contribution is 5.77. The van der Waals surface area contributed by atoms with E-state index in [1.165, 1.54) is 6.33 Å². The van der Waals surface area contributed by atoms with Gasteiger partial charge in [-0.2, -0.15) is 0 Å². The zero-order valence-electron chi connectivity index (χ0n) is 12.3. The molecule has 5 heteroatoms. The van der Waals surface area contributed by atoms with Crippen LogP contribution in [0, 0.1) is 0 Å². The van der Waals surface area contributed by atoms with Crippen molar-refractivity contribution in [3.63, 3.8) is 0 Å². The molecule has 2 aromatic rings. The Balaban J connectivity index is 1.81. The molecule has 0 amide bonds. The summed E-state index contributed by atoms with van der Waals surface area (Å²) in [6.45, 7) is 0. The molecular weight excluding hydrogens is 278 g/mol. The number of anilines is 1. The number of aryl methyl sites for hydroxylation is 1. The summed E-state index contributed by atoms with van der Waals surface area (Å²) in [5.41, 5.74) is 3.12. The Hall–Kier alpha value is -2.43. The maximum Gasteiger partial charge on any atom is 0.326 e. The summed E-state index contributed by atoms with van der Waals surface area (Å²) in [6, 6.07) is 8.94. The van der Waals surface area contributed by atoms with Gasteiger partial charge in [0.2, 0.25) is 0 Å². The number of carbonyl (C=O) groups is 1. The molecule has 0 fully saturated rings. The predicted molar refractivity (Wildman–Crippen MR) is 83.9 cm³/mol. The van der Waals surface area contributed by atoms with Crippen molar-refractivity contribution in [1.82, 2.24) is 9.97 Å². The molecule has 2 N–H and O–H groups in total. The van der Waals surface area contributed by atoms with Crippen LogP contribution in [0.25, 0.3) is 0 Å². The lowest BCUT2D eigenvalue weighted by atomic mass is 9.96. The number of carboxylic acids is 1. The molecule has 0 saturated carbocycles. The molecule has 0 spiro atoms. The minimum absolute atomic E-state index is 0.426. The summed E-state index contributed by atoms with van der Waals surface area (Å²) in [7, 11) is 0. The lowest BCUT2D eigenvalue weighted by Crippen LogP contribution is -2.32. The average Bonchev–Trinajstić information content (AvgIpc) is 2.55. The van der Waals surface area contributed by atoms with Crippen molar-refractivity contribution in [3.8, 4) is 0 Å². The van der Waals surface area contributed by atoms with Crippen molar-refractivity contribution >= 4 is 11.8 Å². The van der Waals surface area contributed by atoms with Crippen molar-refractivity contribution in [1.29, 1.82) is 0 Å². The Morgan fingerprint density at radius 2 is 1.95 bits per heavy atom. The fraction of sp³-hybridized carbons (Fsp3) is 0.353. The van der Waals surface area contributed by atoms with Gasteiger partial charge >= 0.3 is 5.97 Å². The van der Waals surface area contributed by atoms with Crippen LogP contribution < -0.4 is 5.32 Å². The van der Waals surface area contributed by atoms with Crippen LogP contribution in [0.3, 0.4) is 0 Å². The van der Waals surface area contributed by atoms with Gasteiger partial charge in [0.25, 0.3) is 0 Å². The normalized spacial score (nSPS) is 14.9. The van der Waals surface area contributed by atoms with Crippen LogP contribution in [0.15, 0.2) is 36.7 Å². The number of nitrogens with zero attached hydrogens (tertiary/aromatic N) is 2. The van der Waals surface area contributed by atoms with Gasteiger partial charge in [-0.3, -0.25) is 0 Å². The molecule has 0 bridgehead atoms. The third kappa shape index (κ3) is 3.24. The number of hydrogen-bond acceptors (Lipinski definition) is 4. The van der Waals surface area contributed by atoms with E-state index >= 15 is 0 Å². The highest BCUT2D eigenvalue weighted by atomic mass is 16.4. The quantitative estimate of drug-likeness (QED) is 0.886. The van der Waals surface area contributed by atoms with E-state index in [2.05, 4.69) is 15.3 Å². The molecule has 1 heterocycles. The maximum absolute atomic E-state index is 11.6. The van der Waals surface area contributed by atoms with Gasteiger partial charge in [-0.1, -0.05) is 30.3 Å². The van der Waals surface area contributed by atoms with Crippen molar-refractivity contribution in [2.45, 2.75) is 38.1 Å². The summed E-state index contributed by atoms with van der Waals surface area (Å²) in [4.78, 5) is 20.2. The third-order valence-corrected chi connectivity index (χ3v) is 4.02. The number of aromatic nitrogens is 2. The van der Waals surface area contributed by atoms with Crippen LogP contribution >= 0.6 is 0 Å². The first-order valence-corrected chi connectivity index (χ1v) is 7.60. The van der Waals surface area contributed by atoms with Gasteiger partial charge < -0.3 is 10.4 Å². The zero-order valence-corrected chi connectivity index (χ0v) is 12.3. The molecule has 5 nitrogen and oxygen atoms in total. The van der Waals surface area contributed by atoms with E-state index in [0.29, 0.717) is 12.2 Å². The molecule has 0 saturated heterocycles. The van der Waals surface area contributed by atoms with Gasteiger partial charge in [-0.05, 0) is 31.2 Å². The molecular formula is C17H19N3O2. The molecule has 0 radical (unpaired) electrons. The van der Waals surface area contributed by atoms with E-state index in [0.717, 1.165) is 42.5 Å². The molecule has 0 aliphatic heterocycles. The number of hydrogen-bond donors (Lipinski definition) is 2. The lowest BCUT2D eigenvalue weighted by Gasteiger charge is -2.21. The number of fused-ring (bicyclic) bond motifs is 1. The standard InChI is InChI=1S/C17H19N3O2/c21-17(22)15(10-12-6-2-1-3-7-12)20-16-13-8-4-5-9-14(13)18-11-19-16/h1-3,6-7,11,15H,4-5,8-10H2,(H,21,22)(H,18,19,20)/t15-/m1/s1. The molecule has 1 aliphatic rings. The Morgan fingerprint density at radius 1 is 1.18 bits per heavy atom. The predicted octanol–water partition coefficient (Wildman–Crippen LogP) is 2.46. The fourth-order valence-corrected chi connectivity index (χ4v) is 2.86. The monoisotopic (exact) mass is 297 g/mol. The average molecular weight is 297 g/mol. The molecule has 1 aromatic heterocycles. The van der Waals surface area contributed by atoms with Crippen LogP contribution in [0.4, 0.5) is 5.82 Å². The second kappa shape index (κ2) is 6.56. The fourth-order valence-electron chi connectivity index (χ4n) is 2.86. The van der Waals surface area contributed by atoms with Gasteiger partial charge in [-0.25, -0.2) is 14.8 Å². The summed E-state index contributed by atoms with van der Waals surface area (Å²) in [5.74, 6) is -0.194. The zero-order chi connectivity index (χ0) is 15.4. The minimum atomic E-state index is -0.868. The Morgan fingerprint density at radius 3 is 2.73 bits per heavy atom. The van der Waals surface area contributed by atoms with Crippen molar-refractivity contribution in [2.75, 3.05) is 5.32 Å². The molecule has 3 rings (SSSR count). The first-order chi connectivity index (χ1) is 10.7. The van der Waals surface area contributed by atoms with E-state index < -0.39 is 12.0 Å². The van der Waals surface area contributed by atoms with Crippen molar-refractivity contribution in [3.05, 3.63) is 53.5 Å². The van der Waals surface area contributed by atoms with Gasteiger partial charge in [0.05, 0.1) is 0 Å². The molecule has 22 heavy (non-hydrogen) atoms. The van der Waals surface area contributed by atoms with Crippen molar-refractivity contribution < 1.29 is 9.90 Å². The summed E-state index contributed by atoms with van der Waals surface area (Å²) in [5, 5.41) is 12.6. The largest absolute Gasteiger partial charge is 0.480 e. The topological polar surface area (TPSA) is 75.1 Å². The first-order valence-electron chi connectivity index (χ1n) is 7.60. The van der Waals surface area contributed by atoms with E-state index in [1.807, 2.05) is 30.3 Å². The Bertz CT molecular complexity index is 658. The molecule has 1 aromatic carbocycles. The maximum atomic E-state index is 11.6. The van der Waals surface area contributed by atoms with Crippen LogP contribution in [-0.2, 0) is 24.1 Å². The minimum Gasteiger partial charge on any atom is -0.480 e.